The van der Waals surface area contributed by atoms with Gasteiger partial charge in [0.05, 0.1) is 0 Å². The zero-order valence-corrected chi connectivity index (χ0v) is 12.7. The van der Waals surface area contributed by atoms with E-state index in [1.54, 1.807) is 12.1 Å². The lowest BCUT2D eigenvalue weighted by Crippen LogP contribution is -2.34. The van der Waals surface area contributed by atoms with Crippen LogP contribution < -0.4 is 5.73 Å². The van der Waals surface area contributed by atoms with E-state index in [9.17, 15) is 4.79 Å². The summed E-state index contributed by atoms with van der Waals surface area (Å²) in [5, 5.41) is 0.579. The van der Waals surface area contributed by atoms with Crippen molar-refractivity contribution < 1.29 is 9.53 Å². The van der Waals surface area contributed by atoms with E-state index < -0.39 is 0 Å². The maximum Gasteiger partial charge on any atom is 0.306 e. The number of nitrogens with two attached hydrogens (primary N) is 1. The second kappa shape index (κ2) is 7.25. The lowest BCUT2D eigenvalue weighted by molar-refractivity contribution is -0.146. The predicted molar refractivity (Wildman–Crippen MR) is 78.6 cm³/mol. The molecule has 6 heteroatoms. The Morgan fingerprint density at radius 1 is 1.30 bits per heavy atom. The third kappa shape index (κ3) is 4.62. The molecule has 1 fully saturated rings. The highest BCUT2D eigenvalue weighted by molar-refractivity contribution is 6.32. The van der Waals surface area contributed by atoms with Crippen LogP contribution in [-0.2, 0) is 16.1 Å². The van der Waals surface area contributed by atoms with Gasteiger partial charge in [0.15, 0.2) is 0 Å². The van der Waals surface area contributed by atoms with Crippen LogP contribution in [0, 0.1) is 5.92 Å². The quantitative estimate of drug-likeness (QED) is 0.683. The molecule has 0 unspecified atom stereocenters. The number of carbonyl (C=O) groups excluding carboxylic acids is 1. The number of carbonyl (C=O) groups is 1. The normalized spacial score (nSPS) is 22.6. The molecule has 0 radical (unpaired) electrons. The molecule has 0 saturated heterocycles. The molecule has 0 aromatic carbocycles. The summed E-state index contributed by atoms with van der Waals surface area (Å²) in [5.74, 6) is 0.0114. The van der Waals surface area contributed by atoms with Crippen LogP contribution >= 0.6 is 23.2 Å². The van der Waals surface area contributed by atoms with E-state index in [1.165, 1.54) is 0 Å². The first-order valence-corrected chi connectivity index (χ1v) is 7.53. The lowest BCUT2D eigenvalue weighted by Gasteiger charge is -2.27. The van der Waals surface area contributed by atoms with Crippen molar-refractivity contribution in [1.82, 2.24) is 4.98 Å². The maximum atomic E-state index is 11.8. The molecule has 1 aliphatic carbocycles. The molecule has 1 aromatic rings. The number of hydrogen-bond acceptors (Lipinski definition) is 4. The van der Waals surface area contributed by atoms with Gasteiger partial charge in [-0.3, -0.25) is 4.79 Å². The van der Waals surface area contributed by atoms with Crippen molar-refractivity contribution in [2.75, 3.05) is 0 Å². The number of nitrogens with zero attached hydrogens (tertiary/aromatic N) is 1. The summed E-state index contributed by atoms with van der Waals surface area (Å²) in [6.45, 7) is 0.156. The third-order valence-electron chi connectivity index (χ3n) is 3.62. The average molecular weight is 317 g/mol. The van der Waals surface area contributed by atoms with Crippen molar-refractivity contribution in [3.8, 4) is 0 Å². The van der Waals surface area contributed by atoms with E-state index in [4.69, 9.17) is 33.7 Å². The zero-order valence-electron chi connectivity index (χ0n) is 11.1. The number of aromatic nitrogens is 1. The van der Waals surface area contributed by atoms with Gasteiger partial charge in [-0.05, 0) is 36.5 Å². The number of halogens is 2. The highest BCUT2D eigenvalue weighted by Crippen LogP contribution is 2.26. The van der Waals surface area contributed by atoms with E-state index >= 15 is 0 Å². The third-order valence-corrected chi connectivity index (χ3v) is 4.01. The SMILES string of the molecule is N[C@H]1CCCC[C@H]1CC(=O)OCc1cc(Cl)nc(Cl)c1. The summed E-state index contributed by atoms with van der Waals surface area (Å²) in [6.07, 6.45) is 4.67. The molecule has 20 heavy (non-hydrogen) atoms. The second-order valence-electron chi connectivity index (χ2n) is 5.19. The van der Waals surface area contributed by atoms with Gasteiger partial charge in [0.1, 0.15) is 16.9 Å². The van der Waals surface area contributed by atoms with Crippen molar-refractivity contribution in [1.29, 1.82) is 0 Å². The van der Waals surface area contributed by atoms with E-state index in [0.29, 0.717) is 6.42 Å². The molecule has 2 N–H and O–H groups in total. The molecule has 1 aliphatic rings. The Bertz CT molecular complexity index is 462. The zero-order chi connectivity index (χ0) is 14.5. The summed E-state index contributed by atoms with van der Waals surface area (Å²) < 4.78 is 5.25. The van der Waals surface area contributed by atoms with Crippen LogP contribution in [0.25, 0.3) is 0 Å². The van der Waals surface area contributed by atoms with E-state index in [1.807, 2.05) is 0 Å². The summed E-state index contributed by atoms with van der Waals surface area (Å²) in [7, 11) is 0. The first-order valence-electron chi connectivity index (χ1n) is 6.78. The minimum atomic E-state index is -0.226. The monoisotopic (exact) mass is 316 g/mol. The molecule has 0 spiro atoms. The topological polar surface area (TPSA) is 65.2 Å². The Labute approximate surface area is 128 Å². The van der Waals surface area contributed by atoms with Crippen LogP contribution in [0.3, 0.4) is 0 Å². The fraction of sp³-hybridized carbons (Fsp3) is 0.571. The van der Waals surface area contributed by atoms with Gasteiger partial charge >= 0.3 is 5.97 Å². The largest absolute Gasteiger partial charge is 0.461 e. The van der Waals surface area contributed by atoms with Gasteiger partial charge in [0.2, 0.25) is 0 Å². The predicted octanol–water partition coefficient (Wildman–Crippen LogP) is 3.34. The maximum absolute atomic E-state index is 11.8. The average Bonchev–Trinajstić information content (AvgIpc) is 2.38. The Hall–Kier alpha value is -0.840. The number of pyridine rings is 1. The van der Waals surface area contributed by atoms with Crippen LogP contribution in [0.2, 0.25) is 10.3 Å². The molecule has 0 bridgehead atoms. The van der Waals surface area contributed by atoms with Gasteiger partial charge < -0.3 is 10.5 Å². The van der Waals surface area contributed by atoms with Crippen LogP contribution in [0.4, 0.5) is 0 Å². The van der Waals surface area contributed by atoms with Crippen LogP contribution in [0.15, 0.2) is 12.1 Å². The Balaban J connectivity index is 1.82. The van der Waals surface area contributed by atoms with Crippen LogP contribution in [-0.4, -0.2) is 17.0 Å². The molecular weight excluding hydrogens is 299 g/mol. The number of rotatable bonds is 4. The van der Waals surface area contributed by atoms with Crippen molar-refractivity contribution >= 4 is 29.2 Å². The van der Waals surface area contributed by atoms with E-state index in [2.05, 4.69) is 4.98 Å². The van der Waals surface area contributed by atoms with Crippen LogP contribution in [0.5, 0.6) is 0 Å². The highest BCUT2D eigenvalue weighted by atomic mass is 35.5. The summed E-state index contributed by atoms with van der Waals surface area (Å²) in [5.41, 5.74) is 6.76. The van der Waals surface area contributed by atoms with Gasteiger partial charge in [-0.2, -0.15) is 0 Å². The van der Waals surface area contributed by atoms with Crippen molar-refractivity contribution in [3.63, 3.8) is 0 Å². The standard InChI is InChI=1S/C14H18Cl2N2O2/c15-12-5-9(6-13(16)18-12)8-20-14(19)7-10-3-1-2-4-11(10)17/h5-6,10-11H,1-4,7-8,17H2/t10-,11-/m0/s1. The fourth-order valence-electron chi connectivity index (χ4n) is 2.52. The van der Waals surface area contributed by atoms with E-state index in [0.717, 1.165) is 31.2 Å². The Morgan fingerprint density at radius 2 is 1.95 bits per heavy atom. The molecule has 0 aliphatic heterocycles. The number of ether oxygens (including phenoxy) is 1. The molecule has 4 nitrogen and oxygen atoms in total. The van der Waals surface area contributed by atoms with Crippen LogP contribution in [0.1, 0.15) is 37.7 Å². The molecular formula is C14H18Cl2N2O2. The summed E-state index contributed by atoms with van der Waals surface area (Å²) in [4.78, 5) is 15.7. The van der Waals surface area contributed by atoms with Gasteiger partial charge in [0.25, 0.3) is 0 Å². The molecule has 2 atom stereocenters. The molecule has 2 rings (SSSR count). The Morgan fingerprint density at radius 3 is 2.60 bits per heavy atom. The Kier molecular flexibility index (Phi) is 5.64. The van der Waals surface area contributed by atoms with Gasteiger partial charge in [-0.1, -0.05) is 36.0 Å². The second-order valence-corrected chi connectivity index (χ2v) is 5.97. The van der Waals surface area contributed by atoms with Gasteiger partial charge in [-0.25, -0.2) is 4.98 Å². The molecule has 1 heterocycles. The first kappa shape index (κ1) is 15.5. The first-order chi connectivity index (χ1) is 9.54. The van der Waals surface area contributed by atoms with Crippen molar-refractivity contribution in [3.05, 3.63) is 28.0 Å². The van der Waals surface area contributed by atoms with Crippen molar-refractivity contribution in [2.24, 2.45) is 11.7 Å². The van der Waals surface area contributed by atoms with E-state index in [-0.39, 0.29) is 34.8 Å². The number of hydrogen-bond donors (Lipinski definition) is 1. The van der Waals surface area contributed by atoms with Gasteiger partial charge in [-0.15, -0.1) is 0 Å². The lowest BCUT2D eigenvalue weighted by atomic mass is 9.83. The molecule has 110 valence electrons. The van der Waals surface area contributed by atoms with Crippen molar-refractivity contribution in [2.45, 2.75) is 44.8 Å². The minimum Gasteiger partial charge on any atom is -0.461 e. The summed E-state index contributed by atoms with van der Waals surface area (Å²) in [6, 6.07) is 3.38. The molecule has 0 amide bonds. The number of esters is 1. The molecule has 1 aromatic heterocycles. The molecule has 1 saturated carbocycles. The minimum absolute atomic E-state index is 0.112. The fourth-order valence-corrected chi connectivity index (χ4v) is 3.03. The highest BCUT2D eigenvalue weighted by Gasteiger charge is 2.24. The smallest absolute Gasteiger partial charge is 0.306 e. The summed E-state index contributed by atoms with van der Waals surface area (Å²) >= 11 is 11.6. The van der Waals surface area contributed by atoms with Gasteiger partial charge in [0, 0.05) is 12.5 Å².